The molecule has 1 aliphatic heterocycles. The Morgan fingerprint density at radius 3 is 2.64 bits per heavy atom. The Morgan fingerprint density at radius 1 is 1.20 bits per heavy atom. The van der Waals surface area contributed by atoms with Crippen LogP contribution in [0.4, 0.5) is 5.82 Å². The van der Waals surface area contributed by atoms with Crippen LogP contribution in [0.25, 0.3) is 16.7 Å². The number of nitrogens with zero attached hydrogens (tertiary/aromatic N) is 2. The van der Waals surface area contributed by atoms with Crippen LogP contribution in [0.2, 0.25) is 0 Å². The average molecular weight is 336 g/mol. The molecule has 25 heavy (non-hydrogen) atoms. The van der Waals surface area contributed by atoms with Crippen molar-refractivity contribution in [3.8, 4) is 11.4 Å². The van der Waals surface area contributed by atoms with E-state index in [1.807, 2.05) is 33.8 Å². The largest absolute Gasteiger partial charge is 0.508 e. The summed E-state index contributed by atoms with van der Waals surface area (Å²) >= 11 is 0. The molecular formula is C19H20N4O2. The first-order valence-electron chi connectivity index (χ1n) is 8.20. The van der Waals surface area contributed by atoms with Gasteiger partial charge in [0.15, 0.2) is 0 Å². The summed E-state index contributed by atoms with van der Waals surface area (Å²) < 4.78 is 1.80. The van der Waals surface area contributed by atoms with E-state index in [9.17, 15) is 9.90 Å². The minimum Gasteiger partial charge on any atom is -0.508 e. The molecule has 2 aromatic heterocycles. The molecule has 0 bridgehead atoms. The third kappa shape index (κ3) is 1.91. The van der Waals surface area contributed by atoms with Crippen LogP contribution >= 0.6 is 0 Å². The smallest absolute Gasteiger partial charge is 0.256 e. The Hall–Kier alpha value is -3.02. The number of aryl methyl sites for hydroxylation is 2. The van der Waals surface area contributed by atoms with Crippen LogP contribution in [0.15, 0.2) is 12.1 Å². The van der Waals surface area contributed by atoms with E-state index in [1.54, 1.807) is 10.6 Å². The van der Waals surface area contributed by atoms with E-state index in [0.717, 1.165) is 33.5 Å². The third-order valence-corrected chi connectivity index (χ3v) is 5.23. The lowest BCUT2D eigenvalue weighted by Crippen LogP contribution is -2.28. The predicted octanol–water partition coefficient (Wildman–Crippen LogP) is 2.79. The molecule has 0 saturated carbocycles. The molecule has 0 radical (unpaired) electrons. The first-order valence-corrected chi connectivity index (χ1v) is 8.20. The lowest BCUT2D eigenvalue weighted by Gasteiger charge is -2.17. The summed E-state index contributed by atoms with van der Waals surface area (Å²) in [4.78, 5) is 17.2. The summed E-state index contributed by atoms with van der Waals surface area (Å²) in [5, 5.41) is 13.9. The maximum Gasteiger partial charge on any atom is 0.256 e. The van der Waals surface area contributed by atoms with Crippen molar-refractivity contribution in [2.45, 2.75) is 34.2 Å². The molecule has 0 atom stereocenters. The molecule has 0 fully saturated rings. The summed E-state index contributed by atoms with van der Waals surface area (Å²) in [6.45, 7) is 8.23. The molecular weight excluding hydrogens is 316 g/mol. The Morgan fingerprint density at radius 2 is 1.92 bits per heavy atom. The Balaban J connectivity index is 2.24. The number of benzene rings is 1. The normalized spacial score (nSPS) is 13.4. The van der Waals surface area contributed by atoms with Crippen LogP contribution in [0.1, 0.15) is 38.3 Å². The summed E-state index contributed by atoms with van der Waals surface area (Å²) in [5.41, 5.74) is 13.0. The van der Waals surface area contributed by atoms with Crippen molar-refractivity contribution < 1.29 is 9.90 Å². The summed E-state index contributed by atoms with van der Waals surface area (Å²) in [5.74, 6) is 0.351. The molecule has 0 saturated heterocycles. The van der Waals surface area contributed by atoms with E-state index < -0.39 is 0 Å². The molecule has 1 aromatic carbocycles. The fourth-order valence-electron chi connectivity index (χ4n) is 3.72. The molecule has 6 heteroatoms. The van der Waals surface area contributed by atoms with Gasteiger partial charge in [0, 0.05) is 23.2 Å². The van der Waals surface area contributed by atoms with Crippen molar-refractivity contribution in [2.24, 2.45) is 0 Å². The number of nitrogens with one attached hydrogen (secondary N) is 1. The molecule has 1 aliphatic rings. The molecule has 0 spiro atoms. The summed E-state index contributed by atoms with van der Waals surface area (Å²) in [6, 6.07) is 3.50. The second kappa shape index (κ2) is 4.99. The van der Waals surface area contributed by atoms with Gasteiger partial charge in [-0.05, 0) is 50.5 Å². The number of nitrogens with two attached hydrogens (primary N) is 1. The monoisotopic (exact) mass is 336 g/mol. The van der Waals surface area contributed by atoms with E-state index in [4.69, 9.17) is 10.7 Å². The highest BCUT2D eigenvalue weighted by Crippen LogP contribution is 2.39. The van der Waals surface area contributed by atoms with Crippen molar-refractivity contribution in [1.29, 1.82) is 0 Å². The molecule has 4 rings (SSSR count). The fourth-order valence-corrected chi connectivity index (χ4v) is 3.72. The van der Waals surface area contributed by atoms with Gasteiger partial charge in [-0.3, -0.25) is 9.36 Å². The third-order valence-electron chi connectivity index (χ3n) is 5.23. The van der Waals surface area contributed by atoms with Gasteiger partial charge < -0.3 is 16.2 Å². The molecule has 1 amide bonds. The zero-order chi connectivity index (χ0) is 18.0. The van der Waals surface area contributed by atoms with Crippen molar-refractivity contribution in [3.63, 3.8) is 0 Å². The first-order chi connectivity index (χ1) is 11.8. The number of hydrogen-bond donors (Lipinski definition) is 3. The van der Waals surface area contributed by atoms with Crippen LogP contribution in [0.3, 0.4) is 0 Å². The zero-order valence-corrected chi connectivity index (χ0v) is 14.7. The SMILES string of the molecule is Cc1ccc(O)c(C)c1-n1c(N)c2c3c(c(C)c(C)nc31)CNC2=O. The standard InChI is InChI=1S/C19H20N4O2/c1-8-5-6-13(24)10(3)16(8)23-17(20)15-14-12(7-21-19(15)25)9(2)11(4)22-18(14)23/h5-6,24H,7,20H2,1-4H3,(H,21,25). The molecule has 3 heterocycles. The Kier molecular flexibility index (Phi) is 3.09. The van der Waals surface area contributed by atoms with Gasteiger partial charge in [0.1, 0.15) is 17.2 Å². The number of aromatic hydroxyl groups is 1. The Bertz CT molecular complexity index is 1080. The maximum absolute atomic E-state index is 12.5. The van der Waals surface area contributed by atoms with E-state index >= 15 is 0 Å². The molecule has 3 aromatic rings. The number of anilines is 1. The van der Waals surface area contributed by atoms with Gasteiger partial charge in [-0.1, -0.05) is 6.07 Å². The molecule has 6 nitrogen and oxygen atoms in total. The van der Waals surface area contributed by atoms with E-state index in [0.29, 0.717) is 29.1 Å². The van der Waals surface area contributed by atoms with Gasteiger partial charge in [-0.15, -0.1) is 0 Å². The number of phenolic OH excluding ortho intramolecular Hbond substituents is 1. The zero-order valence-electron chi connectivity index (χ0n) is 14.7. The number of amides is 1. The van der Waals surface area contributed by atoms with Gasteiger partial charge in [0.25, 0.3) is 5.91 Å². The van der Waals surface area contributed by atoms with Crippen LogP contribution in [0.5, 0.6) is 5.75 Å². The number of aromatic nitrogens is 2. The van der Waals surface area contributed by atoms with Crippen molar-refractivity contribution >= 4 is 22.8 Å². The van der Waals surface area contributed by atoms with Gasteiger partial charge in [0.05, 0.1) is 11.3 Å². The van der Waals surface area contributed by atoms with Crippen LogP contribution in [0, 0.1) is 27.7 Å². The van der Waals surface area contributed by atoms with E-state index in [2.05, 4.69) is 5.32 Å². The highest BCUT2D eigenvalue weighted by atomic mass is 16.3. The number of carbonyl (C=O) groups excluding carboxylic acids is 1. The van der Waals surface area contributed by atoms with Crippen molar-refractivity contribution in [2.75, 3.05) is 5.73 Å². The number of rotatable bonds is 1. The number of hydrogen-bond acceptors (Lipinski definition) is 4. The second-order valence-corrected chi connectivity index (χ2v) is 6.65. The minimum absolute atomic E-state index is 0.186. The average Bonchev–Trinajstić information content (AvgIpc) is 2.85. The van der Waals surface area contributed by atoms with Gasteiger partial charge >= 0.3 is 0 Å². The minimum atomic E-state index is -0.186. The summed E-state index contributed by atoms with van der Waals surface area (Å²) in [6.07, 6.45) is 0. The second-order valence-electron chi connectivity index (χ2n) is 6.65. The number of pyridine rings is 1. The van der Waals surface area contributed by atoms with Crippen molar-refractivity contribution in [1.82, 2.24) is 14.9 Å². The number of phenols is 1. The molecule has 0 aliphatic carbocycles. The fraction of sp³-hybridized carbons (Fsp3) is 0.263. The maximum atomic E-state index is 12.5. The van der Waals surface area contributed by atoms with Crippen LogP contribution in [-0.4, -0.2) is 20.6 Å². The Labute approximate surface area is 145 Å². The van der Waals surface area contributed by atoms with Gasteiger partial charge in [-0.2, -0.15) is 0 Å². The highest BCUT2D eigenvalue weighted by molar-refractivity contribution is 6.14. The molecule has 0 unspecified atom stereocenters. The first kappa shape index (κ1) is 15.5. The number of nitrogen functional groups attached to an aromatic ring is 1. The number of carbonyl (C=O) groups is 1. The highest BCUT2D eigenvalue weighted by Gasteiger charge is 2.30. The lowest BCUT2D eigenvalue weighted by atomic mass is 9.98. The molecule has 128 valence electrons. The van der Waals surface area contributed by atoms with Gasteiger partial charge in [0.2, 0.25) is 0 Å². The molecule has 4 N–H and O–H groups in total. The summed E-state index contributed by atoms with van der Waals surface area (Å²) in [7, 11) is 0. The van der Waals surface area contributed by atoms with Gasteiger partial charge in [-0.25, -0.2) is 4.98 Å². The predicted molar refractivity (Wildman–Crippen MR) is 97.3 cm³/mol. The van der Waals surface area contributed by atoms with Crippen LogP contribution in [-0.2, 0) is 6.54 Å². The van der Waals surface area contributed by atoms with Crippen molar-refractivity contribution in [3.05, 3.63) is 45.6 Å². The lowest BCUT2D eigenvalue weighted by molar-refractivity contribution is 0.0950. The topological polar surface area (TPSA) is 93.2 Å². The van der Waals surface area contributed by atoms with E-state index in [1.165, 1.54) is 0 Å². The van der Waals surface area contributed by atoms with E-state index in [-0.39, 0.29) is 11.7 Å². The van der Waals surface area contributed by atoms with Crippen LogP contribution < -0.4 is 11.1 Å². The quantitative estimate of drug-likeness (QED) is 0.637.